The van der Waals surface area contributed by atoms with Crippen LogP contribution in [0.15, 0.2) is 24.3 Å². The molecule has 6 heteroatoms. The van der Waals surface area contributed by atoms with Gasteiger partial charge in [-0.2, -0.15) is 0 Å². The van der Waals surface area contributed by atoms with Crippen molar-refractivity contribution in [2.75, 3.05) is 20.1 Å². The largest absolute Gasteiger partial charge is 0.352 e. The number of nitrogens with zero attached hydrogens (tertiary/aromatic N) is 1. The number of likely N-dealkylation sites (N-methyl/N-ethyl adjacent to an activating group) is 1. The molecule has 1 aromatic rings. The van der Waals surface area contributed by atoms with E-state index in [4.69, 9.17) is 0 Å². The number of rotatable bonds is 4. The van der Waals surface area contributed by atoms with Crippen LogP contribution in [0.1, 0.15) is 35.7 Å². The number of halogens is 1. The molecule has 0 aliphatic carbocycles. The Hall–Kier alpha value is -1.59. The van der Waals surface area contributed by atoms with Gasteiger partial charge in [0.25, 0.3) is 5.91 Å². The Morgan fingerprint density at radius 3 is 2.55 bits per heavy atom. The van der Waals surface area contributed by atoms with Crippen LogP contribution in [0.2, 0.25) is 0 Å². The number of likely N-dealkylation sites (tertiary alicyclic amines) is 1. The van der Waals surface area contributed by atoms with Crippen molar-refractivity contribution in [2.24, 2.45) is 0 Å². The van der Waals surface area contributed by atoms with Gasteiger partial charge in [-0.05, 0) is 37.6 Å². The van der Waals surface area contributed by atoms with Crippen LogP contribution >= 0.6 is 12.4 Å². The van der Waals surface area contributed by atoms with Crippen molar-refractivity contribution >= 4 is 24.2 Å². The van der Waals surface area contributed by atoms with E-state index in [9.17, 15) is 9.59 Å². The molecule has 2 rings (SSSR count). The zero-order chi connectivity index (χ0) is 15.2. The molecule has 0 bridgehead atoms. The highest BCUT2D eigenvalue weighted by Gasteiger charge is 2.23. The fourth-order valence-electron chi connectivity index (χ4n) is 2.57. The van der Waals surface area contributed by atoms with E-state index in [2.05, 4.69) is 10.6 Å². The summed E-state index contributed by atoms with van der Waals surface area (Å²) in [6, 6.07) is 7.85. The summed E-state index contributed by atoms with van der Waals surface area (Å²) in [4.78, 5) is 25.3. The minimum atomic E-state index is -0.0541. The predicted molar refractivity (Wildman–Crippen MR) is 89.2 cm³/mol. The van der Waals surface area contributed by atoms with Crippen LogP contribution in [0.5, 0.6) is 0 Å². The summed E-state index contributed by atoms with van der Waals surface area (Å²) in [5, 5.41) is 5.99. The van der Waals surface area contributed by atoms with E-state index >= 15 is 0 Å². The maximum absolute atomic E-state index is 12.5. The SMILES string of the molecule is CNC1CCCN(C(=O)c2ccc(CNC(C)=O)cc2)C1.Cl. The van der Waals surface area contributed by atoms with Crippen LogP contribution in [0, 0.1) is 0 Å². The van der Waals surface area contributed by atoms with E-state index in [0.29, 0.717) is 18.2 Å². The molecule has 1 saturated heterocycles. The number of amides is 2. The Bertz CT molecular complexity index is 505. The summed E-state index contributed by atoms with van der Waals surface area (Å²) < 4.78 is 0. The first kappa shape index (κ1) is 18.5. The van der Waals surface area contributed by atoms with Crippen LogP contribution in [-0.4, -0.2) is 42.9 Å². The highest BCUT2D eigenvalue weighted by Crippen LogP contribution is 2.14. The molecule has 1 heterocycles. The Morgan fingerprint density at radius 1 is 1.27 bits per heavy atom. The second-order valence-corrected chi connectivity index (χ2v) is 5.49. The van der Waals surface area contributed by atoms with Crippen molar-refractivity contribution in [3.63, 3.8) is 0 Å². The molecule has 122 valence electrons. The van der Waals surface area contributed by atoms with Crippen molar-refractivity contribution in [1.82, 2.24) is 15.5 Å². The maximum atomic E-state index is 12.5. The van der Waals surface area contributed by atoms with E-state index in [1.807, 2.05) is 36.2 Å². The van der Waals surface area contributed by atoms with Crippen molar-refractivity contribution < 1.29 is 9.59 Å². The van der Waals surface area contributed by atoms with Gasteiger partial charge in [-0.25, -0.2) is 0 Å². The molecule has 0 aromatic heterocycles. The summed E-state index contributed by atoms with van der Waals surface area (Å²) in [7, 11) is 1.94. The first-order valence-corrected chi connectivity index (χ1v) is 7.40. The van der Waals surface area contributed by atoms with Gasteiger partial charge in [-0.3, -0.25) is 9.59 Å². The zero-order valence-electron chi connectivity index (χ0n) is 13.1. The smallest absolute Gasteiger partial charge is 0.253 e. The van der Waals surface area contributed by atoms with E-state index in [-0.39, 0.29) is 24.2 Å². The first-order valence-electron chi connectivity index (χ1n) is 7.40. The third-order valence-electron chi connectivity index (χ3n) is 3.86. The number of piperidine rings is 1. The molecule has 2 amide bonds. The molecule has 2 N–H and O–H groups in total. The van der Waals surface area contributed by atoms with Gasteiger partial charge >= 0.3 is 0 Å². The van der Waals surface area contributed by atoms with E-state index < -0.39 is 0 Å². The lowest BCUT2D eigenvalue weighted by Gasteiger charge is -2.32. The lowest BCUT2D eigenvalue weighted by atomic mass is 10.0. The Labute approximate surface area is 137 Å². The maximum Gasteiger partial charge on any atom is 0.253 e. The van der Waals surface area contributed by atoms with Crippen LogP contribution in [0.4, 0.5) is 0 Å². The minimum Gasteiger partial charge on any atom is -0.352 e. The first-order chi connectivity index (χ1) is 10.1. The topological polar surface area (TPSA) is 61.4 Å². The van der Waals surface area contributed by atoms with E-state index in [1.165, 1.54) is 6.92 Å². The van der Waals surface area contributed by atoms with E-state index in [1.54, 1.807) is 0 Å². The highest BCUT2D eigenvalue weighted by molar-refractivity contribution is 5.94. The summed E-state index contributed by atoms with van der Waals surface area (Å²) in [5.41, 5.74) is 1.70. The van der Waals surface area contributed by atoms with Gasteiger partial charge in [0.15, 0.2) is 0 Å². The average Bonchev–Trinajstić information content (AvgIpc) is 2.52. The quantitative estimate of drug-likeness (QED) is 0.883. The normalized spacial score (nSPS) is 17.5. The zero-order valence-corrected chi connectivity index (χ0v) is 13.9. The Kier molecular flexibility index (Phi) is 7.35. The number of hydrogen-bond acceptors (Lipinski definition) is 3. The number of carbonyl (C=O) groups is 2. The van der Waals surface area contributed by atoms with Gasteiger partial charge < -0.3 is 15.5 Å². The highest BCUT2D eigenvalue weighted by atomic mass is 35.5. The fraction of sp³-hybridized carbons (Fsp3) is 0.500. The molecular weight excluding hydrogens is 302 g/mol. The third kappa shape index (κ3) is 5.00. The summed E-state index contributed by atoms with van der Waals surface area (Å²) in [6.45, 7) is 3.58. The van der Waals surface area contributed by atoms with Crippen LogP contribution in [0.3, 0.4) is 0 Å². The fourth-order valence-corrected chi connectivity index (χ4v) is 2.57. The molecule has 1 unspecified atom stereocenters. The standard InChI is InChI=1S/C16H23N3O2.ClH/c1-12(20)18-10-13-5-7-14(8-6-13)16(21)19-9-3-4-15(11-19)17-2;/h5-8,15,17H,3-4,9-11H2,1-2H3,(H,18,20);1H. The third-order valence-corrected chi connectivity index (χ3v) is 3.86. The molecular formula is C16H24ClN3O2. The van der Waals surface area contributed by atoms with Crippen LogP contribution < -0.4 is 10.6 Å². The van der Waals surface area contributed by atoms with Gasteiger partial charge in [0, 0.05) is 38.2 Å². The molecule has 0 radical (unpaired) electrons. The number of benzene rings is 1. The second kappa shape index (κ2) is 8.76. The van der Waals surface area contributed by atoms with Crippen LogP contribution in [0.25, 0.3) is 0 Å². The number of hydrogen-bond donors (Lipinski definition) is 2. The van der Waals surface area contributed by atoms with Crippen molar-refractivity contribution in [2.45, 2.75) is 32.4 Å². The van der Waals surface area contributed by atoms with Crippen molar-refractivity contribution in [3.05, 3.63) is 35.4 Å². The molecule has 1 aliphatic heterocycles. The summed E-state index contributed by atoms with van der Waals surface area (Å²) in [5.74, 6) is 0.0302. The molecule has 1 aliphatic rings. The van der Waals surface area contributed by atoms with Gasteiger partial charge in [0.1, 0.15) is 0 Å². The summed E-state index contributed by atoms with van der Waals surface area (Å²) in [6.07, 6.45) is 2.16. The molecule has 1 fully saturated rings. The average molecular weight is 326 g/mol. The Balaban J connectivity index is 0.00000242. The molecule has 1 atom stereocenters. The van der Waals surface area contributed by atoms with E-state index in [0.717, 1.165) is 31.5 Å². The Morgan fingerprint density at radius 2 is 1.95 bits per heavy atom. The number of carbonyl (C=O) groups excluding carboxylic acids is 2. The molecule has 5 nitrogen and oxygen atoms in total. The lowest BCUT2D eigenvalue weighted by molar-refractivity contribution is -0.119. The molecule has 1 aromatic carbocycles. The van der Waals surface area contributed by atoms with Crippen LogP contribution in [-0.2, 0) is 11.3 Å². The van der Waals surface area contributed by atoms with Gasteiger partial charge in [-0.15, -0.1) is 12.4 Å². The predicted octanol–water partition coefficient (Wildman–Crippen LogP) is 1.57. The molecule has 0 spiro atoms. The minimum absolute atomic E-state index is 0. The lowest BCUT2D eigenvalue weighted by Crippen LogP contribution is -2.46. The van der Waals surface area contributed by atoms with Gasteiger partial charge in [-0.1, -0.05) is 12.1 Å². The van der Waals surface area contributed by atoms with Crippen molar-refractivity contribution in [1.29, 1.82) is 0 Å². The monoisotopic (exact) mass is 325 g/mol. The van der Waals surface area contributed by atoms with Crippen molar-refractivity contribution in [3.8, 4) is 0 Å². The number of nitrogens with one attached hydrogen (secondary N) is 2. The van der Waals surface area contributed by atoms with Gasteiger partial charge in [0.2, 0.25) is 5.91 Å². The van der Waals surface area contributed by atoms with Gasteiger partial charge in [0.05, 0.1) is 0 Å². The molecule has 22 heavy (non-hydrogen) atoms. The summed E-state index contributed by atoms with van der Waals surface area (Å²) >= 11 is 0. The molecule has 0 saturated carbocycles. The second-order valence-electron chi connectivity index (χ2n) is 5.49.